The molecule has 7 atom stereocenters. The number of rotatable bonds is 1. The van der Waals surface area contributed by atoms with Gasteiger partial charge in [-0.2, -0.15) is 0 Å². The molecule has 0 saturated heterocycles. The minimum absolute atomic E-state index is 0.00858. The average Bonchev–Trinajstić information content (AvgIpc) is 2.64. The second kappa shape index (κ2) is 4.39. The van der Waals surface area contributed by atoms with E-state index in [2.05, 4.69) is 32.9 Å². The van der Waals surface area contributed by atoms with Gasteiger partial charge in [0.1, 0.15) is 0 Å². The first-order chi connectivity index (χ1) is 10.3. The van der Waals surface area contributed by atoms with Crippen molar-refractivity contribution in [1.29, 1.82) is 0 Å². The lowest BCUT2D eigenvalue weighted by molar-refractivity contribution is -0.192. The smallest absolute Gasteiger partial charge is 0.0721 e. The summed E-state index contributed by atoms with van der Waals surface area (Å²) in [6.45, 7) is 7.36. The highest BCUT2D eigenvalue weighted by molar-refractivity contribution is 5.29. The van der Waals surface area contributed by atoms with Gasteiger partial charge in [-0.15, -0.1) is 0 Å². The van der Waals surface area contributed by atoms with Gasteiger partial charge in [-0.25, -0.2) is 0 Å². The van der Waals surface area contributed by atoms with E-state index < -0.39 is 0 Å². The largest absolute Gasteiger partial charge is 0.396 e. The molecule has 0 heterocycles. The first-order valence-corrected chi connectivity index (χ1v) is 9.30. The molecule has 3 fully saturated rings. The monoisotopic (exact) mass is 304 g/mol. The Hall–Kier alpha value is -0.340. The Kier molecular flexibility index (Phi) is 3.03. The van der Waals surface area contributed by atoms with Crippen molar-refractivity contribution in [3.63, 3.8) is 0 Å². The van der Waals surface area contributed by atoms with Crippen LogP contribution in [0.4, 0.5) is 0 Å². The Morgan fingerprint density at radius 3 is 2.41 bits per heavy atom. The first kappa shape index (κ1) is 15.2. The molecule has 2 heteroatoms. The van der Waals surface area contributed by atoms with Crippen molar-refractivity contribution in [2.75, 3.05) is 6.61 Å². The van der Waals surface area contributed by atoms with Gasteiger partial charge < -0.3 is 10.2 Å². The van der Waals surface area contributed by atoms with Crippen molar-refractivity contribution in [2.45, 2.75) is 71.8 Å². The van der Waals surface area contributed by atoms with Crippen molar-refractivity contribution in [3.05, 3.63) is 12.2 Å². The standard InChI is InChI=1S/C20H32O2/c1-17-9-5-15-19(3)8-4-7-18(2,13-21)14(19)6-10-20(15,12-11-17)16(17)22/h11-12,14-16,21-22H,4-10,13H2,1-3H3. The van der Waals surface area contributed by atoms with E-state index in [1.807, 2.05) is 0 Å². The van der Waals surface area contributed by atoms with Gasteiger partial charge in [-0.1, -0.05) is 39.3 Å². The Bertz CT molecular complexity index is 514. The van der Waals surface area contributed by atoms with Gasteiger partial charge in [0.25, 0.3) is 0 Å². The average molecular weight is 304 g/mol. The van der Waals surface area contributed by atoms with Crippen LogP contribution in [0.3, 0.4) is 0 Å². The summed E-state index contributed by atoms with van der Waals surface area (Å²) >= 11 is 0. The molecule has 7 unspecified atom stereocenters. The van der Waals surface area contributed by atoms with Gasteiger partial charge in [-0.05, 0) is 61.2 Å². The van der Waals surface area contributed by atoms with Crippen LogP contribution in [0.2, 0.25) is 0 Å². The summed E-state index contributed by atoms with van der Waals surface area (Å²) < 4.78 is 0. The molecule has 0 aromatic carbocycles. The van der Waals surface area contributed by atoms with Crippen LogP contribution in [-0.2, 0) is 0 Å². The molecule has 4 aliphatic carbocycles. The third kappa shape index (κ3) is 1.59. The maximum absolute atomic E-state index is 11.1. The third-order valence-electron chi connectivity index (χ3n) is 8.65. The van der Waals surface area contributed by atoms with E-state index in [1.54, 1.807) is 0 Å². The number of hydrogen-bond donors (Lipinski definition) is 2. The summed E-state index contributed by atoms with van der Waals surface area (Å²) in [7, 11) is 0. The van der Waals surface area contributed by atoms with Crippen molar-refractivity contribution in [2.24, 2.45) is 33.5 Å². The Labute approximate surface area is 135 Å². The van der Waals surface area contributed by atoms with Crippen LogP contribution in [0.1, 0.15) is 65.7 Å². The first-order valence-electron chi connectivity index (χ1n) is 9.30. The van der Waals surface area contributed by atoms with E-state index in [4.69, 9.17) is 0 Å². The lowest BCUT2D eigenvalue weighted by atomic mass is 9.40. The van der Waals surface area contributed by atoms with Crippen molar-refractivity contribution >= 4 is 0 Å². The molecule has 2 nitrogen and oxygen atoms in total. The van der Waals surface area contributed by atoms with Crippen LogP contribution in [0.15, 0.2) is 12.2 Å². The minimum Gasteiger partial charge on any atom is -0.396 e. The van der Waals surface area contributed by atoms with Gasteiger partial charge in [-0.3, -0.25) is 0 Å². The Morgan fingerprint density at radius 1 is 0.955 bits per heavy atom. The summed E-state index contributed by atoms with van der Waals surface area (Å²) in [5.41, 5.74) is 0.397. The molecule has 1 spiro atoms. The van der Waals surface area contributed by atoms with Gasteiger partial charge >= 0.3 is 0 Å². The molecule has 3 saturated carbocycles. The van der Waals surface area contributed by atoms with Crippen LogP contribution >= 0.6 is 0 Å². The number of hydrogen-bond acceptors (Lipinski definition) is 2. The normalized spacial score (nSPS) is 60.0. The predicted octanol–water partition coefficient (Wildman–Crippen LogP) is 3.92. The Morgan fingerprint density at radius 2 is 1.68 bits per heavy atom. The summed E-state index contributed by atoms with van der Waals surface area (Å²) in [5, 5.41) is 21.2. The molecular formula is C20H32O2. The molecule has 2 bridgehead atoms. The predicted molar refractivity (Wildman–Crippen MR) is 88.3 cm³/mol. The summed E-state index contributed by atoms with van der Waals surface area (Å²) in [6.07, 6.45) is 12.9. The fourth-order valence-electron chi connectivity index (χ4n) is 7.43. The molecule has 0 aliphatic heterocycles. The van der Waals surface area contributed by atoms with Crippen LogP contribution in [0, 0.1) is 33.5 Å². The second-order valence-corrected chi connectivity index (χ2v) is 9.71. The molecule has 4 rings (SSSR count). The zero-order chi connectivity index (χ0) is 15.8. The minimum atomic E-state index is -0.196. The fourth-order valence-corrected chi connectivity index (χ4v) is 7.43. The molecular weight excluding hydrogens is 272 g/mol. The third-order valence-corrected chi connectivity index (χ3v) is 8.65. The number of fused-ring (bicyclic) bond motifs is 3. The van der Waals surface area contributed by atoms with Crippen molar-refractivity contribution in [1.82, 2.24) is 0 Å². The van der Waals surface area contributed by atoms with Gasteiger partial charge in [0, 0.05) is 17.4 Å². The molecule has 0 aromatic heterocycles. The zero-order valence-electron chi connectivity index (χ0n) is 14.4. The van der Waals surface area contributed by atoms with Gasteiger partial charge in [0.15, 0.2) is 0 Å². The van der Waals surface area contributed by atoms with E-state index in [1.165, 1.54) is 32.1 Å². The molecule has 2 N–H and O–H groups in total. The lowest BCUT2D eigenvalue weighted by Gasteiger charge is -2.65. The van der Waals surface area contributed by atoms with Crippen LogP contribution < -0.4 is 0 Å². The highest BCUT2D eigenvalue weighted by Crippen LogP contribution is 2.71. The number of aliphatic hydroxyl groups excluding tert-OH is 2. The molecule has 0 amide bonds. The molecule has 22 heavy (non-hydrogen) atoms. The van der Waals surface area contributed by atoms with E-state index in [-0.39, 0.29) is 27.8 Å². The summed E-state index contributed by atoms with van der Waals surface area (Å²) in [5.74, 6) is 1.20. The SMILES string of the molecule is CC12C=CC3(CCC4C(C)(CO)CCCC4(C)C3CC1)C2O. The lowest BCUT2D eigenvalue weighted by Crippen LogP contribution is -2.61. The summed E-state index contributed by atoms with van der Waals surface area (Å²) in [6, 6.07) is 0. The second-order valence-electron chi connectivity index (χ2n) is 9.71. The summed E-state index contributed by atoms with van der Waals surface area (Å²) in [4.78, 5) is 0. The van der Waals surface area contributed by atoms with Gasteiger partial charge in [0.2, 0.25) is 0 Å². The zero-order valence-corrected chi connectivity index (χ0v) is 14.4. The molecule has 0 radical (unpaired) electrons. The topological polar surface area (TPSA) is 40.5 Å². The molecule has 124 valence electrons. The van der Waals surface area contributed by atoms with E-state index in [9.17, 15) is 10.2 Å². The van der Waals surface area contributed by atoms with E-state index in [0.717, 1.165) is 12.8 Å². The van der Waals surface area contributed by atoms with Crippen LogP contribution in [0.5, 0.6) is 0 Å². The maximum Gasteiger partial charge on any atom is 0.0721 e. The fraction of sp³-hybridized carbons (Fsp3) is 0.900. The van der Waals surface area contributed by atoms with E-state index >= 15 is 0 Å². The van der Waals surface area contributed by atoms with Crippen molar-refractivity contribution < 1.29 is 10.2 Å². The van der Waals surface area contributed by atoms with Crippen LogP contribution in [-0.4, -0.2) is 22.9 Å². The van der Waals surface area contributed by atoms with E-state index in [0.29, 0.717) is 18.4 Å². The quantitative estimate of drug-likeness (QED) is 0.721. The van der Waals surface area contributed by atoms with Crippen LogP contribution in [0.25, 0.3) is 0 Å². The number of aliphatic hydroxyl groups is 2. The highest BCUT2D eigenvalue weighted by atomic mass is 16.3. The Balaban J connectivity index is 1.77. The molecule has 4 aliphatic rings. The maximum atomic E-state index is 11.1. The van der Waals surface area contributed by atoms with Gasteiger partial charge in [0.05, 0.1) is 6.10 Å². The van der Waals surface area contributed by atoms with Crippen molar-refractivity contribution in [3.8, 4) is 0 Å². The highest BCUT2D eigenvalue weighted by Gasteiger charge is 2.66. The molecule has 0 aromatic rings.